The third-order valence-corrected chi connectivity index (χ3v) is 2.88. The van der Waals surface area contributed by atoms with Gasteiger partial charge in [0.1, 0.15) is 0 Å². The summed E-state index contributed by atoms with van der Waals surface area (Å²) in [6.45, 7) is 0. The highest BCUT2D eigenvalue weighted by Crippen LogP contribution is 2.10. The van der Waals surface area contributed by atoms with E-state index in [1.54, 1.807) is 48.7 Å². The molecule has 4 nitrogen and oxygen atoms in total. The molecule has 0 aromatic heterocycles. The molecule has 0 heterocycles. The smallest absolute Gasteiger partial charge is 0.314 e. The summed E-state index contributed by atoms with van der Waals surface area (Å²) in [7, 11) is 0. The Hall–Kier alpha value is -2.77. The fourth-order valence-corrected chi connectivity index (χ4v) is 1.71. The standard InChI is InChI=1S/C16H12ClN3O/c17-14-5-1-12(2-6-14)9-10-19-16(21)20-15-7-3-13(11-18)4-8-15/h1-10H,(H2,19,20,21)/b10-9+. The highest BCUT2D eigenvalue weighted by molar-refractivity contribution is 6.30. The first-order chi connectivity index (χ1) is 10.2. The summed E-state index contributed by atoms with van der Waals surface area (Å²) in [5.41, 5.74) is 2.09. The number of anilines is 1. The summed E-state index contributed by atoms with van der Waals surface area (Å²) in [4.78, 5) is 11.7. The molecule has 0 bridgehead atoms. The molecule has 0 fully saturated rings. The van der Waals surface area contributed by atoms with Gasteiger partial charge in [-0.1, -0.05) is 23.7 Å². The van der Waals surface area contributed by atoms with E-state index in [9.17, 15) is 4.79 Å². The Kier molecular flexibility index (Phi) is 4.97. The van der Waals surface area contributed by atoms with E-state index >= 15 is 0 Å². The Balaban J connectivity index is 1.86. The Morgan fingerprint density at radius 2 is 1.76 bits per heavy atom. The lowest BCUT2D eigenvalue weighted by molar-refractivity contribution is 0.255. The second-order valence-corrected chi connectivity index (χ2v) is 4.61. The minimum absolute atomic E-state index is 0.357. The molecule has 21 heavy (non-hydrogen) atoms. The molecule has 0 aliphatic heterocycles. The van der Waals surface area contributed by atoms with Gasteiger partial charge in [-0.25, -0.2) is 4.79 Å². The molecule has 104 valence electrons. The third kappa shape index (κ3) is 4.68. The van der Waals surface area contributed by atoms with Crippen molar-refractivity contribution in [1.29, 1.82) is 5.26 Å². The molecule has 2 aromatic rings. The molecule has 2 N–H and O–H groups in total. The number of hydrogen-bond donors (Lipinski definition) is 2. The van der Waals surface area contributed by atoms with Crippen LogP contribution < -0.4 is 10.6 Å². The average Bonchev–Trinajstić information content (AvgIpc) is 2.50. The number of halogens is 1. The van der Waals surface area contributed by atoms with Crippen LogP contribution in [0.1, 0.15) is 11.1 Å². The van der Waals surface area contributed by atoms with Gasteiger partial charge in [-0.3, -0.25) is 0 Å². The molecule has 2 aromatic carbocycles. The van der Waals surface area contributed by atoms with E-state index in [-0.39, 0.29) is 6.03 Å². The van der Waals surface area contributed by atoms with Gasteiger partial charge in [0.05, 0.1) is 11.6 Å². The number of carbonyl (C=O) groups is 1. The number of nitrogens with zero attached hydrogens (tertiary/aromatic N) is 1. The van der Waals surface area contributed by atoms with Crippen molar-refractivity contribution in [3.05, 3.63) is 70.9 Å². The molecular formula is C16H12ClN3O. The van der Waals surface area contributed by atoms with E-state index in [0.29, 0.717) is 16.3 Å². The third-order valence-electron chi connectivity index (χ3n) is 2.63. The number of carbonyl (C=O) groups excluding carboxylic acids is 1. The van der Waals surface area contributed by atoms with Gasteiger partial charge in [0.25, 0.3) is 0 Å². The zero-order valence-corrected chi connectivity index (χ0v) is 11.8. The zero-order chi connectivity index (χ0) is 15.1. The van der Waals surface area contributed by atoms with Crippen LogP contribution in [-0.2, 0) is 0 Å². The van der Waals surface area contributed by atoms with E-state index in [4.69, 9.17) is 16.9 Å². The van der Waals surface area contributed by atoms with Crippen LogP contribution in [0, 0.1) is 11.3 Å². The van der Waals surface area contributed by atoms with Gasteiger partial charge in [0, 0.05) is 16.9 Å². The Morgan fingerprint density at radius 3 is 2.38 bits per heavy atom. The van der Waals surface area contributed by atoms with Crippen LogP contribution in [0.4, 0.5) is 10.5 Å². The fourth-order valence-electron chi connectivity index (χ4n) is 1.58. The predicted octanol–water partition coefficient (Wildman–Crippen LogP) is 4.00. The summed E-state index contributed by atoms with van der Waals surface area (Å²) in [6.07, 6.45) is 3.30. The lowest BCUT2D eigenvalue weighted by Crippen LogP contribution is -2.23. The zero-order valence-electron chi connectivity index (χ0n) is 11.0. The lowest BCUT2D eigenvalue weighted by Gasteiger charge is -2.04. The van der Waals surface area contributed by atoms with E-state index in [1.165, 1.54) is 0 Å². The number of urea groups is 1. The molecule has 0 unspecified atom stereocenters. The monoisotopic (exact) mass is 297 g/mol. The predicted molar refractivity (Wildman–Crippen MR) is 83.8 cm³/mol. The molecule has 0 saturated heterocycles. The largest absolute Gasteiger partial charge is 0.323 e. The molecule has 5 heteroatoms. The summed E-state index contributed by atoms with van der Waals surface area (Å²) >= 11 is 5.78. The van der Waals surface area contributed by atoms with Crippen LogP contribution in [0.5, 0.6) is 0 Å². The number of rotatable bonds is 3. The topological polar surface area (TPSA) is 64.9 Å². The average molecular weight is 298 g/mol. The second kappa shape index (κ2) is 7.13. The maximum absolute atomic E-state index is 11.7. The van der Waals surface area contributed by atoms with Crippen LogP contribution in [-0.4, -0.2) is 6.03 Å². The van der Waals surface area contributed by atoms with E-state index in [1.807, 2.05) is 18.2 Å². The van der Waals surface area contributed by atoms with Crippen molar-refractivity contribution in [2.24, 2.45) is 0 Å². The molecule has 0 radical (unpaired) electrons. The first kappa shape index (κ1) is 14.6. The molecule has 2 amide bonds. The van der Waals surface area contributed by atoms with Crippen molar-refractivity contribution < 1.29 is 4.79 Å². The van der Waals surface area contributed by atoms with Crippen LogP contribution >= 0.6 is 11.6 Å². The summed E-state index contributed by atoms with van der Waals surface area (Å²) in [6, 6.07) is 15.5. The SMILES string of the molecule is N#Cc1ccc(NC(=O)N/C=C/c2ccc(Cl)cc2)cc1. The maximum atomic E-state index is 11.7. The minimum Gasteiger partial charge on any atom is -0.314 e. The van der Waals surface area contributed by atoms with Crippen molar-refractivity contribution in [2.75, 3.05) is 5.32 Å². The molecule has 0 spiro atoms. The molecular weight excluding hydrogens is 286 g/mol. The van der Waals surface area contributed by atoms with Crippen molar-refractivity contribution in [3.8, 4) is 6.07 Å². The Bertz CT molecular complexity index is 685. The molecule has 0 aliphatic rings. The van der Waals surface area contributed by atoms with Gasteiger partial charge in [0.2, 0.25) is 0 Å². The van der Waals surface area contributed by atoms with Crippen molar-refractivity contribution in [1.82, 2.24) is 5.32 Å². The normalized spacial score (nSPS) is 10.1. The van der Waals surface area contributed by atoms with Crippen LogP contribution in [0.15, 0.2) is 54.7 Å². The van der Waals surface area contributed by atoms with Gasteiger partial charge >= 0.3 is 6.03 Å². The van der Waals surface area contributed by atoms with Crippen molar-refractivity contribution in [2.45, 2.75) is 0 Å². The minimum atomic E-state index is -0.357. The second-order valence-electron chi connectivity index (χ2n) is 4.17. The molecule has 0 saturated carbocycles. The first-order valence-corrected chi connectivity index (χ1v) is 6.55. The van der Waals surface area contributed by atoms with E-state index in [0.717, 1.165) is 5.56 Å². The van der Waals surface area contributed by atoms with Crippen molar-refractivity contribution in [3.63, 3.8) is 0 Å². The number of amides is 2. The van der Waals surface area contributed by atoms with Gasteiger partial charge in [-0.05, 0) is 48.0 Å². The number of benzene rings is 2. The van der Waals surface area contributed by atoms with Crippen LogP contribution in [0.2, 0.25) is 5.02 Å². The highest BCUT2D eigenvalue weighted by Gasteiger charge is 1.99. The van der Waals surface area contributed by atoms with Crippen LogP contribution in [0.25, 0.3) is 6.08 Å². The Labute approximate surface area is 127 Å². The fraction of sp³-hybridized carbons (Fsp3) is 0. The van der Waals surface area contributed by atoms with E-state index < -0.39 is 0 Å². The number of hydrogen-bond acceptors (Lipinski definition) is 2. The van der Waals surface area contributed by atoms with Gasteiger partial charge in [-0.2, -0.15) is 5.26 Å². The number of nitrogens with one attached hydrogen (secondary N) is 2. The summed E-state index contributed by atoms with van der Waals surface area (Å²) < 4.78 is 0. The van der Waals surface area contributed by atoms with Gasteiger partial charge in [0.15, 0.2) is 0 Å². The van der Waals surface area contributed by atoms with E-state index in [2.05, 4.69) is 10.6 Å². The van der Waals surface area contributed by atoms with Gasteiger partial charge in [-0.15, -0.1) is 0 Å². The van der Waals surface area contributed by atoms with Crippen molar-refractivity contribution >= 4 is 29.4 Å². The highest BCUT2D eigenvalue weighted by atomic mass is 35.5. The first-order valence-electron chi connectivity index (χ1n) is 6.17. The summed E-state index contributed by atoms with van der Waals surface area (Å²) in [5.74, 6) is 0. The molecule has 2 rings (SSSR count). The van der Waals surface area contributed by atoms with Gasteiger partial charge < -0.3 is 10.6 Å². The Morgan fingerprint density at radius 1 is 1.10 bits per heavy atom. The molecule has 0 atom stereocenters. The number of nitriles is 1. The maximum Gasteiger partial charge on any atom is 0.323 e. The molecule has 0 aliphatic carbocycles. The quantitative estimate of drug-likeness (QED) is 0.899. The lowest BCUT2D eigenvalue weighted by atomic mass is 10.2. The summed E-state index contributed by atoms with van der Waals surface area (Å²) in [5, 5.41) is 14.6. The van der Waals surface area contributed by atoms with Crippen LogP contribution in [0.3, 0.4) is 0 Å².